The molecule has 0 saturated heterocycles. The second-order valence-corrected chi connectivity index (χ2v) is 6.68. The van der Waals surface area contributed by atoms with Gasteiger partial charge in [0.05, 0.1) is 0 Å². The van der Waals surface area contributed by atoms with Gasteiger partial charge in [0.25, 0.3) is 0 Å². The van der Waals surface area contributed by atoms with Gasteiger partial charge in [-0.15, -0.1) is 0 Å². The van der Waals surface area contributed by atoms with Crippen molar-refractivity contribution in [2.75, 3.05) is 0 Å². The molecule has 0 heterocycles. The molecule has 2 N–H and O–H groups in total. The van der Waals surface area contributed by atoms with Crippen molar-refractivity contribution in [2.24, 2.45) is 5.73 Å². The van der Waals surface area contributed by atoms with Crippen LogP contribution in [0.3, 0.4) is 0 Å². The van der Waals surface area contributed by atoms with Gasteiger partial charge < -0.3 is 5.73 Å². The SMILES string of the molecule is CCCCCCCCCCCCCCCCCCC[CH]N. The van der Waals surface area contributed by atoms with Gasteiger partial charge in [-0.2, -0.15) is 0 Å². The van der Waals surface area contributed by atoms with Gasteiger partial charge in [0, 0.05) is 6.54 Å². The molecule has 0 aromatic carbocycles. The summed E-state index contributed by atoms with van der Waals surface area (Å²) in [5.74, 6) is 0. The van der Waals surface area contributed by atoms with Gasteiger partial charge >= 0.3 is 0 Å². The molecule has 1 nitrogen and oxygen atoms in total. The van der Waals surface area contributed by atoms with Crippen LogP contribution in [0.2, 0.25) is 0 Å². The molecular formula is C20H42N. The van der Waals surface area contributed by atoms with E-state index in [1.54, 1.807) is 6.54 Å². The summed E-state index contributed by atoms with van der Waals surface area (Å²) in [6, 6.07) is 0. The predicted molar refractivity (Wildman–Crippen MR) is 97.3 cm³/mol. The monoisotopic (exact) mass is 296 g/mol. The highest BCUT2D eigenvalue weighted by molar-refractivity contribution is 4.54. The number of hydrogen-bond donors (Lipinski definition) is 1. The van der Waals surface area contributed by atoms with Crippen molar-refractivity contribution in [3.05, 3.63) is 6.54 Å². The van der Waals surface area contributed by atoms with Gasteiger partial charge in [-0.1, -0.05) is 116 Å². The molecule has 0 aliphatic carbocycles. The molecule has 1 heteroatoms. The Morgan fingerprint density at radius 1 is 0.476 bits per heavy atom. The molecule has 21 heavy (non-hydrogen) atoms. The lowest BCUT2D eigenvalue weighted by Gasteiger charge is -2.03. The number of rotatable bonds is 18. The summed E-state index contributed by atoms with van der Waals surface area (Å²) in [6.07, 6.45) is 25.5. The Bertz CT molecular complexity index is 149. The largest absolute Gasteiger partial charge is 0.326 e. The predicted octanol–water partition coefficient (Wildman–Crippen LogP) is 7.15. The van der Waals surface area contributed by atoms with E-state index in [0.717, 1.165) is 6.42 Å². The standard InChI is InChI=1S/C20H42N/c1-2-3-4-5-6-7-8-9-10-11-12-13-14-15-16-17-18-19-20-21/h20H,2-19,21H2,1H3. The molecule has 0 aromatic heterocycles. The fourth-order valence-electron chi connectivity index (χ4n) is 2.99. The highest BCUT2D eigenvalue weighted by Crippen LogP contribution is 2.14. The average Bonchev–Trinajstić information content (AvgIpc) is 2.50. The van der Waals surface area contributed by atoms with Crippen LogP contribution in [-0.2, 0) is 0 Å². The quantitative estimate of drug-likeness (QED) is 0.267. The maximum absolute atomic E-state index is 5.37. The van der Waals surface area contributed by atoms with Gasteiger partial charge in [0.2, 0.25) is 0 Å². The van der Waals surface area contributed by atoms with Crippen LogP contribution in [0.5, 0.6) is 0 Å². The fourth-order valence-corrected chi connectivity index (χ4v) is 2.99. The smallest absolute Gasteiger partial charge is 0.0192 e. The van der Waals surface area contributed by atoms with E-state index in [2.05, 4.69) is 6.92 Å². The Morgan fingerprint density at radius 2 is 0.762 bits per heavy atom. The van der Waals surface area contributed by atoms with E-state index in [1.165, 1.54) is 109 Å². The van der Waals surface area contributed by atoms with E-state index >= 15 is 0 Å². The van der Waals surface area contributed by atoms with Crippen molar-refractivity contribution < 1.29 is 0 Å². The highest BCUT2D eigenvalue weighted by Gasteiger charge is 1.94. The van der Waals surface area contributed by atoms with Crippen molar-refractivity contribution >= 4 is 0 Å². The summed E-state index contributed by atoms with van der Waals surface area (Å²) in [6.45, 7) is 4.09. The molecule has 1 radical (unpaired) electrons. The van der Waals surface area contributed by atoms with Crippen molar-refractivity contribution in [1.29, 1.82) is 0 Å². The minimum atomic E-state index is 1.10. The normalized spacial score (nSPS) is 11.1. The minimum absolute atomic E-state index is 1.10. The van der Waals surface area contributed by atoms with Gasteiger partial charge in [-0.05, 0) is 6.42 Å². The molecule has 127 valence electrons. The van der Waals surface area contributed by atoms with Crippen LogP contribution >= 0.6 is 0 Å². The third-order valence-electron chi connectivity index (χ3n) is 4.47. The Kier molecular flexibility index (Phi) is 19.9. The van der Waals surface area contributed by atoms with E-state index in [-0.39, 0.29) is 0 Å². The number of hydrogen-bond acceptors (Lipinski definition) is 1. The Labute approximate surface area is 135 Å². The molecule has 0 rings (SSSR count). The van der Waals surface area contributed by atoms with Gasteiger partial charge in [0.15, 0.2) is 0 Å². The molecule has 0 aromatic rings. The van der Waals surface area contributed by atoms with Gasteiger partial charge in [0.1, 0.15) is 0 Å². The third-order valence-corrected chi connectivity index (χ3v) is 4.47. The van der Waals surface area contributed by atoms with Crippen molar-refractivity contribution in [2.45, 2.75) is 122 Å². The fraction of sp³-hybridized carbons (Fsp3) is 0.950. The second kappa shape index (κ2) is 20.0. The van der Waals surface area contributed by atoms with E-state index in [4.69, 9.17) is 5.73 Å². The molecule has 0 spiro atoms. The van der Waals surface area contributed by atoms with E-state index in [0.29, 0.717) is 0 Å². The zero-order chi connectivity index (χ0) is 15.4. The molecule has 0 amide bonds. The lowest BCUT2D eigenvalue weighted by Crippen LogP contribution is -1.89. The lowest BCUT2D eigenvalue weighted by molar-refractivity contribution is 0.527. The van der Waals surface area contributed by atoms with E-state index in [1.807, 2.05) is 0 Å². The molecule has 0 aliphatic heterocycles. The van der Waals surface area contributed by atoms with Crippen LogP contribution in [0.25, 0.3) is 0 Å². The highest BCUT2D eigenvalue weighted by atomic mass is 14.5. The summed E-state index contributed by atoms with van der Waals surface area (Å²) in [4.78, 5) is 0. The second-order valence-electron chi connectivity index (χ2n) is 6.68. The zero-order valence-electron chi connectivity index (χ0n) is 14.9. The van der Waals surface area contributed by atoms with Crippen LogP contribution in [-0.4, -0.2) is 0 Å². The minimum Gasteiger partial charge on any atom is -0.326 e. The van der Waals surface area contributed by atoms with E-state index < -0.39 is 0 Å². The third kappa shape index (κ3) is 20.0. The average molecular weight is 297 g/mol. The van der Waals surface area contributed by atoms with Crippen molar-refractivity contribution in [1.82, 2.24) is 0 Å². The summed E-state index contributed by atoms with van der Waals surface area (Å²) in [5.41, 5.74) is 5.37. The number of nitrogens with two attached hydrogens (primary N) is 1. The summed E-state index contributed by atoms with van der Waals surface area (Å²) >= 11 is 0. The van der Waals surface area contributed by atoms with Gasteiger partial charge in [-0.3, -0.25) is 0 Å². The van der Waals surface area contributed by atoms with Crippen LogP contribution in [0.4, 0.5) is 0 Å². The summed E-state index contributed by atoms with van der Waals surface area (Å²) in [5, 5.41) is 0. The zero-order valence-corrected chi connectivity index (χ0v) is 14.9. The number of unbranched alkanes of at least 4 members (excludes halogenated alkanes) is 17. The summed E-state index contributed by atoms with van der Waals surface area (Å²) in [7, 11) is 0. The van der Waals surface area contributed by atoms with Crippen LogP contribution in [0, 0.1) is 6.54 Å². The molecule has 0 bridgehead atoms. The topological polar surface area (TPSA) is 26.0 Å². The first kappa shape index (κ1) is 21.0. The van der Waals surface area contributed by atoms with Crippen LogP contribution in [0.15, 0.2) is 0 Å². The lowest BCUT2D eigenvalue weighted by atomic mass is 10.0. The molecule has 0 unspecified atom stereocenters. The maximum Gasteiger partial charge on any atom is 0.0192 e. The molecule has 0 fully saturated rings. The Hall–Kier alpha value is -0.0400. The molecule has 0 aliphatic rings. The first-order chi connectivity index (χ1) is 10.4. The van der Waals surface area contributed by atoms with Crippen LogP contribution in [0.1, 0.15) is 122 Å². The molecule has 0 atom stereocenters. The maximum atomic E-state index is 5.37. The molecule has 0 saturated carbocycles. The Morgan fingerprint density at radius 3 is 1.05 bits per heavy atom. The first-order valence-corrected chi connectivity index (χ1v) is 9.95. The van der Waals surface area contributed by atoms with Crippen molar-refractivity contribution in [3.8, 4) is 0 Å². The van der Waals surface area contributed by atoms with Gasteiger partial charge in [-0.25, -0.2) is 0 Å². The summed E-state index contributed by atoms with van der Waals surface area (Å²) < 4.78 is 0. The van der Waals surface area contributed by atoms with E-state index in [9.17, 15) is 0 Å². The van der Waals surface area contributed by atoms with Crippen LogP contribution < -0.4 is 5.73 Å². The Balaban J connectivity index is 2.90. The first-order valence-electron chi connectivity index (χ1n) is 9.95. The van der Waals surface area contributed by atoms with Crippen molar-refractivity contribution in [3.63, 3.8) is 0 Å². The molecular weight excluding hydrogens is 254 g/mol.